The third kappa shape index (κ3) is 9.86. The number of aromatic nitrogens is 1. The molecule has 2 aliphatic heterocycles. The second-order valence-electron chi connectivity index (χ2n) is 15.0. The van der Waals surface area contributed by atoms with Crippen molar-refractivity contribution in [3.8, 4) is 11.1 Å². The zero-order valence-corrected chi connectivity index (χ0v) is 35.2. The molecule has 1 aromatic heterocycles. The Bertz CT molecular complexity index is 2600. The van der Waals surface area contributed by atoms with Gasteiger partial charge in [-0.1, -0.05) is 66.2 Å². The molecule has 2 aliphatic rings. The van der Waals surface area contributed by atoms with E-state index < -0.39 is 26.5 Å². The Hall–Kier alpha value is -5.22. The van der Waals surface area contributed by atoms with Gasteiger partial charge in [-0.2, -0.15) is 0 Å². The molecule has 1 amide bonds. The maximum absolute atomic E-state index is 13.6. The predicted molar refractivity (Wildman–Crippen MR) is 237 cm³/mol. The minimum atomic E-state index is -4.47. The number of fused-ring (bicyclic) bond motifs is 3. The highest BCUT2D eigenvalue weighted by atomic mass is 35.5. The van der Waals surface area contributed by atoms with Crippen molar-refractivity contribution in [3.63, 3.8) is 0 Å². The lowest BCUT2D eigenvalue weighted by atomic mass is 9.99. The molecule has 0 saturated carbocycles. The van der Waals surface area contributed by atoms with Crippen LogP contribution >= 0.6 is 23.4 Å². The number of nitro groups is 1. The van der Waals surface area contributed by atoms with Crippen LogP contribution in [0.1, 0.15) is 28.0 Å². The van der Waals surface area contributed by atoms with Gasteiger partial charge in [0.15, 0.2) is 0 Å². The van der Waals surface area contributed by atoms with Gasteiger partial charge >= 0.3 is 0 Å². The van der Waals surface area contributed by atoms with Gasteiger partial charge in [0.25, 0.3) is 21.6 Å². The minimum Gasteiger partial charge on any atom is -0.379 e. The van der Waals surface area contributed by atoms with Gasteiger partial charge in [-0.15, -0.1) is 11.8 Å². The van der Waals surface area contributed by atoms with Crippen molar-refractivity contribution in [3.05, 3.63) is 153 Å². The number of halogens is 1. The molecule has 310 valence electrons. The van der Waals surface area contributed by atoms with E-state index >= 15 is 0 Å². The standard InChI is InChI=1S/C45H45ClN6O6S2/c46-36-13-10-32(11-14-36)41-9-5-4-6-34(41)29-50-20-21-51-38(30-50)27-35-26-33(12-17-43(35)51)45(53)48-60(56,57)40-15-16-42(44(28-40)52(54)55)47-37(18-19-49-22-24-58-25-23-49)31-59-39-7-2-1-3-8-39/h1-17,26-28,37,47H,18-25,29-31H2,(H,48,53). The molecule has 8 rings (SSSR count). The number of carbonyl (C=O) groups excluding carboxylic acids is 1. The van der Waals surface area contributed by atoms with Crippen LogP contribution in [0.3, 0.4) is 0 Å². The summed E-state index contributed by atoms with van der Waals surface area (Å²) < 4.78 is 37.0. The molecule has 6 aromatic rings. The van der Waals surface area contributed by atoms with Crippen LogP contribution in [-0.4, -0.2) is 84.8 Å². The number of amides is 1. The molecular formula is C45H45ClN6O6S2. The smallest absolute Gasteiger partial charge is 0.293 e. The van der Waals surface area contributed by atoms with E-state index in [0.717, 1.165) is 78.0 Å². The van der Waals surface area contributed by atoms with Gasteiger partial charge < -0.3 is 14.6 Å². The summed E-state index contributed by atoms with van der Waals surface area (Å²) in [5, 5.41) is 17.2. The fraction of sp³-hybridized carbons (Fsp3) is 0.267. The summed E-state index contributed by atoms with van der Waals surface area (Å²) in [6.45, 7) is 6.79. The quantitative estimate of drug-likeness (QED) is 0.0589. The van der Waals surface area contributed by atoms with Crippen molar-refractivity contribution in [2.45, 2.75) is 41.9 Å². The van der Waals surface area contributed by atoms with Crippen molar-refractivity contribution in [2.24, 2.45) is 0 Å². The first kappa shape index (κ1) is 41.5. The number of nitro benzene ring substituents is 1. The highest BCUT2D eigenvalue weighted by Crippen LogP contribution is 2.32. The molecule has 60 heavy (non-hydrogen) atoms. The van der Waals surface area contributed by atoms with Crippen molar-refractivity contribution in [2.75, 3.05) is 50.5 Å². The molecule has 5 aromatic carbocycles. The SMILES string of the molecule is O=C(NS(=O)(=O)c1ccc(NC(CCN2CCOCC2)CSc2ccccc2)c([N+](=O)[O-])c1)c1ccc2c(c1)cc1n2CCN(Cc2ccccc2-c2ccc(Cl)cc2)C1. The van der Waals surface area contributed by atoms with Gasteiger partial charge in [0.05, 0.1) is 23.0 Å². The molecule has 2 N–H and O–H groups in total. The van der Waals surface area contributed by atoms with E-state index in [2.05, 4.69) is 36.5 Å². The fourth-order valence-electron chi connectivity index (χ4n) is 7.84. The van der Waals surface area contributed by atoms with E-state index in [4.69, 9.17) is 16.3 Å². The lowest BCUT2D eigenvalue weighted by molar-refractivity contribution is -0.384. The third-order valence-electron chi connectivity index (χ3n) is 11.0. The molecule has 0 bridgehead atoms. The van der Waals surface area contributed by atoms with Crippen molar-refractivity contribution in [1.82, 2.24) is 19.1 Å². The molecule has 3 heterocycles. The molecule has 1 saturated heterocycles. The number of anilines is 1. The summed E-state index contributed by atoms with van der Waals surface area (Å²) in [7, 11) is -4.47. The number of nitrogens with one attached hydrogen (secondary N) is 2. The zero-order chi connectivity index (χ0) is 41.6. The molecule has 0 spiro atoms. The first-order valence-electron chi connectivity index (χ1n) is 19.9. The number of ether oxygens (including phenoxy) is 1. The van der Waals surface area contributed by atoms with Gasteiger partial charge in [0.1, 0.15) is 5.69 Å². The highest BCUT2D eigenvalue weighted by Gasteiger charge is 2.27. The number of thioether (sulfide) groups is 1. The molecule has 1 atom stereocenters. The van der Waals surface area contributed by atoms with Gasteiger partial charge in [0, 0.05) is 95.8 Å². The van der Waals surface area contributed by atoms with Crippen LogP contribution in [0.25, 0.3) is 22.0 Å². The Morgan fingerprint density at radius 3 is 2.42 bits per heavy atom. The number of benzene rings is 5. The largest absolute Gasteiger partial charge is 0.379 e. The number of hydrogen-bond donors (Lipinski definition) is 2. The van der Waals surface area contributed by atoms with Gasteiger partial charge in [-0.05, 0) is 83.8 Å². The van der Waals surface area contributed by atoms with E-state index in [-0.39, 0.29) is 22.2 Å². The van der Waals surface area contributed by atoms with Crippen molar-refractivity contribution < 1.29 is 22.9 Å². The third-order valence-corrected chi connectivity index (χ3v) is 13.8. The maximum atomic E-state index is 13.6. The molecule has 1 fully saturated rings. The maximum Gasteiger partial charge on any atom is 0.293 e. The highest BCUT2D eigenvalue weighted by molar-refractivity contribution is 7.99. The first-order valence-corrected chi connectivity index (χ1v) is 22.7. The van der Waals surface area contributed by atoms with Crippen LogP contribution in [0, 0.1) is 10.1 Å². The second kappa shape index (κ2) is 18.6. The summed E-state index contributed by atoms with van der Waals surface area (Å²) in [4.78, 5) is 30.6. The normalized spacial score (nSPS) is 15.3. The number of hydrogen-bond acceptors (Lipinski definition) is 10. The molecule has 12 nitrogen and oxygen atoms in total. The molecule has 0 radical (unpaired) electrons. The summed E-state index contributed by atoms with van der Waals surface area (Å²) in [5.74, 6) is -0.193. The number of rotatable bonds is 15. The zero-order valence-electron chi connectivity index (χ0n) is 32.8. The van der Waals surface area contributed by atoms with Crippen molar-refractivity contribution in [1.29, 1.82) is 0 Å². The first-order chi connectivity index (χ1) is 29.1. The Balaban J connectivity index is 0.949. The number of carbonyl (C=O) groups is 1. The van der Waals surface area contributed by atoms with Gasteiger partial charge in [0.2, 0.25) is 0 Å². The lowest BCUT2D eigenvalue weighted by Crippen LogP contribution is -2.39. The Kier molecular flexibility index (Phi) is 12.9. The summed E-state index contributed by atoms with van der Waals surface area (Å²) in [5.41, 5.74) is 5.49. The molecule has 0 aliphatic carbocycles. The number of sulfonamides is 1. The lowest BCUT2D eigenvalue weighted by Gasteiger charge is -2.29. The van der Waals surface area contributed by atoms with E-state index in [1.165, 1.54) is 17.7 Å². The average molecular weight is 865 g/mol. The van der Waals surface area contributed by atoms with Crippen LogP contribution in [0.5, 0.6) is 0 Å². The number of morpholine rings is 1. The Morgan fingerprint density at radius 2 is 1.63 bits per heavy atom. The second-order valence-corrected chi connectivity index (χ2v) is 18.2. The Morgan fingerprint density at radius 1 is 0.867 bits per heavy atom. The fourth-order valence-corrected chi connectivity index (χ4v) is 9.96. The summed E-state index contributed by atoms with van der Waals surface area (Å²) >= 11 is 7.79. The summed E-state index contributed by atoms with van der Waals surface area (Å²) in [6.07, 6.45) is 0.709. The molecular weight excluding hydrogens is 820 g/mol. The average Bonchev–Trinajstić information content (AvgIpc) is 3.63. The van der Waals surface area contributed by atoms with Crippen LogP contribution in [0.15, 0.2) is 131 Å². The van der Waals surface area contributed by atoms with E-state index in [0.29, 0.717) is 37.0 Å². The van der Waals surface area contributed by atoms with Crippen LogP contribution in [0.4, 0.5) is 11.4 Å². The molecule has 1 unspecified atom stereocenters. The van der Waals surface area contributed by atoms with Crippen LogP contribution in [0.2, 0.25) is 5.02 Å². The van der Waals surface area contributed by atoms with Crippen molar-refractivity contribution >= 4 is 61.6 Å². The van der Waals surface area contributed by atoms with E-state index in [1.54, 1.807) is 23.9 Å². The van der Waals surface area contributed by atoms with Gasteiger partial charge in [-0.25, -0.2) is 13.1 Å². The van der Waals surface area contributed by atoms with Crippen LogP contribution < -0.4 is 10.0 Å². The summed E-state index contributed by atoms with van der Waals surface area (Å²) in [6, 6.07) is 36.8. The predicted octanol–water partition coefficient (Wildman–Crippen LogP) is 8.30. The van der Waals surface area contributed by atoms with Gasteiger partial charge in [-0.3, -0.25) is 24.7 Å². The monoisotopic (exact) mass is 864 g/mol. The topological polar surface area (TPSA) is 139 Å². The van der Waals surface area contributed by atoms with E-state index in [9.17, 15) is 23.3 Å². The molecule has 15 heteroatoms. The van der Waals surface area contributed by atoms with Crippen LogP contribution in [-0.2, 0) is 34.4 Å². The Labute approximate surface area is 358 Å². The van der Waals surface area contributed by atoms with E-state index in [1.807, 2.05) is 78.9 Å². The minimum absolute atomic E-state index is 0.159. The number of nitrogens with zero attached hydrogens (tertiary/aromatic N) is 4.